The molecule has 1 aromatic carbocycles. The molecule has 0 unspecified atom stereocenters. The maximum atomic E-state index is 12.7. The highest BCUT2D eigenvalue weighted by atomic mass is 16.2. The number of aromatic nitrogens is 1. The van der Waals surface area contributed by atoms with Crippen LogP contribution >= 0.6 is 0 Å². The first kappa shape index (κ1) is 12.7. The van der Waals surface area contributed by atoms with Gasteiger partial charge in [0, 0.05) is 30.2 Å². The minimum Gasteiger partial charge on any atom is -0.361 e. The summed E-state index contributed by atoms with van der Waals surface area (Å²) in [5.41, 5.74) is 2.63. The largest absolute Gasteiger partial charge is 0.361 e. The molecule has 1 amide bonds. The number of amides is 1. The number of hydrogen-bond donors (Lipinski definition) is 1. The fraction of sp³-hybridized carbons (Fsp3) is 0.250. The summed E-state index contributed by atoms with van der Waals surface area (Å²) in [6.45, 7) is 2.80. The lowest BCUT2D eigenvalue weighted by molar-refractivity contribution is 0.0683. The van der Waals surface area contributed by atoms with Crippen molar-refractivity contribution in [2.75, 3.05) is 11.9 Å². The van der Waals surface area contributed by atoms with Crippen LogP contribution < -0.4 is 5.32 Å². The lowest BCUT2D eigenvalue weighted by atomic mass is 10.0. The zero-order chi connectivity index (χ0) is 13.9. The van der Waals surface area contributed by atoms with Gasteiger partial charge >= 0.3 is 0 Å². The van der Waals surface area contributed by atoms with Crippen LogP contribution in [-0.4, -0.2) is 22.3 Å². The summed E-state index contributed by atoms with van der Waals surface area (Å²) in [4.78, 5) is 18.7. The van der Waals surface area contributed by atoms with E-state index in [0.717, 1.165) is 29.8 Å². The van der Waals surface area contributed by atoms with Crippen molar-refractivity contribution in [2.24, 2.45) is 0 Å². The first-order valence-electron chi connectivity index (χ1n) is 6.87. The van der Waals surface area contributed by atoms with Crippen LogP contribution in [0.1, 0.15) is 35.4 Å². The summed E-state index contributed by atoms with van der Waals surface area (Å²) >= 11 is 0. The second-order valence-electron chi connectivity index (χ2n) is 4.88. The number of benzene rings is 1. The Morgan fingerprint density at radius 2 is 2.10 bits per heavy atom. The molecule has 0 bridgehead atoms. The average Bonchev–Trinajstić information content (AvgIpc) is 2.51. The number of carbonyl (C=O) groups is 1. The molecule has 4 nitrogen and oxygen atoms in total. The van der Waals surface area contributed by atoms with Crippen molar-refractivity contribution in [3.63, 3.8) is 0 Å². The van der Waals surface area contributed by atoms with E-state index < -0.39 is 0 Å². The SMILES string of the molecule is CCCN1C(=O)c2ccccc2N[C@@H]1c1cccnc1. The lowest BCUT2D eigenvalue weighted by Gasteiger charge is -2.37. The van der Waals surface area contributed by atoms with Gasteiger partial charge in [-0.3, -0.25) is 9.78 Å². The van der Waals surface area contributed by atoms with Gasteiger partial charge in [0.2, 0.25) is 0 Å². The second kappa shape index (κ2) is 5.33. The Bertz CT molecular complexity index is 612. The van der Waals surface area contributed by atoms with Crippen LogP contribution in [0.25, 0.3) is 0 Å². The maximum absolute atomic E-state index is 12.7. The van der Waals surface area contributed by atoms with Crippen molar-refractivity contribution >= 4 is 11.6 Å². The third-order valence-electron chi connectivity index (χ3n) is 3.49. The third kappa shape index (κ3) is 2.13. The molecule has 2 heterocycles. The van der Waals surface area contributed by atoms with Crippen molar-refractivity contribution in [3.8, 4) is 0 Å². The first-order valence-corrected chi connectivity index (χ1v) is 6.87. The van der Waals surface area contributed by atoms with Crippen LogP contribution in [0.2, 0.25) is 0 Å². The van der Waals surface area contributed by atoms with Gasteiger partial charge in [0.25, 0.3) is 5.91 Å². The Labute approximate surface area is 118 Å². The van der Waals surface area contributed by atoms with Crippen LogP contribution in [-0.2, 0) is 0 Å². The van der Waals surface area contributed by atoms with Gasteiger partial charge < -0.3 is 10.2 Å². The summed E-state index contributed by atoms with van der Waals surface area (Å²) < 4.78 is 0. The molecule has 1 N–H and O–H groups in total. The predicted octanol–water partition coefficient (Wildman–Crippen LogP) is 3.06. The zero-order valence-electron chi connectivity index (χ0n) is 11.4. The smallest absolute Gasteiger partial charge is 0.257 e. The van der Waals surface area contributed by atoms with E-state index in [2.05, 4.69) is 17.2 Å². The molecule has 102 valence electrons. The summed E-state index contributed by atoms with van der Waals surface area (Å²) in [7, 11) is 0. The van der Waals surface area contributed by atoms with Gasteiger partial charge in [-0.2, -0.15) is 0 Å². The van der Waals surface area contributed by atoms with Gasteiger partial charge in [-0.05, 0) is 24.6 Å². The zero-order valence-corrected chi connectivity index (χ0v) is 11.4. The van der Waals surface area contributed by atoms with Crippen molar-refractivity contribution in [1.82, 2.24) is 9.88 Å². The van der Waals surface area contributed by atoms with E-state index in [1.54, 1.807) is 6.20 Å². The summed E-state index contributed by atoms with van der Waals surface area (Å²) in [6.07, 6.45) is 4.33. The van der Waals surface area contributed by atoms with Gasteiger partial charge in [0.05, 0.1) is 5.56 Å². The van der Waals surface area contributed by atoms with Gasteiger partial charge in [0.1, 0.15) is 6.17 Å². The van der Waals surface area contributed by atoms with Crippen molar-refractivity contribution < 1.29 is 4.79 Å². The normalized spacial score (nSPS) is 17.6. The fourth-order valence-electron chi connectivity index (χ4n) is 2.57. The van der Waals surface area contributed by atoms with Crippen LogP contribution in [0.3, 0.4) is 0 Å². The van der Waals surface area contributed by atoms with E-state index in [1.165, 1.54) is 0 Å². The Balaban J connectivity index is 2.03. The van der Waals surface area contributed by atoms with E-state index in [0.29, 0.717) is 0 Å². The van der Waals surface area contributed by atoms with Crippen molar-refractivity contribution in [3.05, 3.63) is 59.9 Å². The number of para-hydroxylation sites is 1. The second-order valence-corrected chi connectivity index (χ2v) is 4.88. The number of carbonyl (C=O) groups excluding carboxylic acids is 1. The van der Waals surface area contributed by atoms with Crippen molar-refractivity contribution in [2.45, 2.75) is 19.5 Å². The molecule has 0 spiro atoms. The molecule has 0 saturated carbocycles. The van der Waals surface area contributed by atoms with E-state index in [-0.39, 0.29) is 12.1 Å². The molecule has 0 aliphatic carbocycles. The van der Waals surface area contributed by atoms with E-state index in [1.807, 2.05) is 47.5 Å². The minimum atomic E-state index is -0.147. The number of hydrogen-bond acceptors (Lipinski definition) is 3. The summed E-state index contributed by atoms with van der Waals surface area (Å²) in [5.74, 6) is 0.0788. The quantitative estimate of drug-likeness (QED) is 0.929. The Hall–Kier alpha value is -2.36. The number of nitrogens with one attached hydrogen (secondary N) is 1. The predicted molar refractivity (Wildman–Crippen MR) is 78.4 cm³/mol. The Kier molecular flexibility index (Phi) is 3.37. The molecule has 1 aromatic heterocycles. The maximum Gasteiger partial charge on any atom is 0.257 e. The molecule has 1 atom stereocenters. The Morgan fingerprint density at radius 3 is 2.85 bits per heavy atom. The third-order valence-corrected chi connectivity index (χ3v) is 3.49. The molecule has 1 aliphatic rings. The van der Waals surface area contributed by atoms with Crippen LogP contribution in [0.4, 0.5) is 5.69 Å². The highest BCUT2D eigenvalue weighted by Gasteiger charge is 2.31. The number of anilines is 1. The van der Waals surface area contributed by atoms with Gasteiger partial charge in [-0.1, -0.05) is 25.1 Å². The molecule has 3 rings (SSSR count). The molecular weight excluding hydrogens is 250 g/mol. The first-order chi connectivity index (χ1) is 9.81. The topological polar surface area (TPSA) is 45.2 Å². The van der Waals surface area contributed by atoms with Crippen molar-refractivity contribution in [1.29, 1.82) is 0 Å². The fourth-order valence-corrected chi connectivity index (χ4v) is 2.57. The minimum absolute atomic E-state index is 0.0788. The van der Waals surface area contributed by atoms with E-state index >= 15 is 0 Å². The lowest BCUT2D eigenvalue weighted by Crippen LogP contribution is -2.43. The average molecular weight is 267 g/mol. The van der Waals surface area contributed by atoms with Crippen LogP contribution in [0.15, 0.2) is 48.8 Å². The van der Waals surface area contributed by atoms with Gasteiger partial charge in [0.15, 0.2) is 0 Å². The van der Waals surface area contributed by atoms with Gasteiger partial charge in [-0.15, -0.1) is 0 Å². The molecular formula is C16H17N3O. The molecule has 0 saturated heterocycles. The number of pyridine rings is 1. The highest BCUT2D eigenvalue weighted by Crippen LogP contribution is 2.32. The molecule has 2 aromatic rings. The molecule has 1 aliphatic heterocycles. The monoisotopic (exact) mass is 267 g/mol. The van der Waals surface area contributed by atoms with Crippen LogP contribution in [0, 0.1) is 0 Å². The number of nitrogens with zero attached hydrogens (tertiary/aromatic N) is 2. The summed E-state index contributed by atoms with van der Waals surface area (Å²) in [6, 6.07) is 11.5. The number of rotatable bonds is 3. The molecule has 0 fully saturated rings. The van der Waals surface area contributed by atoms with Gasteiger partial charge in [-0.25, -0.2) is 0 Å². The number of fused-ring (bicyclic) bond motifs is 1. The Morgan fingerprint density at radius 1 is 1.25 bits per heavy atom. The molecule has 0 radical (unpaired) electrons. The van der Waals surface area contributed by atoms with E-state index in [4.69, 9.17) is 0 Å². The highest BCUT2D eigenvalue weighted by molar-refractivity contribution is 6.01. The van der Waals surface area contributed by atoms with Crippen LogP contribution in [0.5, 0.6) is 0 Å². The molecule has 20 heavy (non-hydrogen) atoms. The molecule has 4 heteroatoms. The standard InChI is InChI=1S/C16H17N3O/c1-2-10-19-15(12-6-5-9-17-11-12)18-14-8-4-3-7-13(14)16(19)20/h3-9,11,15,18H,2,10H2,1H3/t15-/m0/s1. The summed E-state index contributed by atoms with van der Waals surface area (Å²) in [5, 5.41) is 3.44. The van der Waals surface area contributed by atoms with E-state index in [9.17, 15) is 4.79 Å².